The molecule has 220 valence electrons. The first-order valence-corrected chi connectivity index (χ1v) is 12.7. The van der Waals surface area contributed by atoms with E-state index in [2.05, 4.69) is 4.90 Å². The van der Waals surface area contributed by atoms with Crippen LogP contribution < -0.4 is 0 Å². The number of aliphatic hydroxyl groups is 1. The molecule has 0 spiro atoms. The Morgan fingerprint density at radius 3 is 1.70 bits per heavy atom. The molecule has 40 heavy (non-hydrogen) atoms. The molecule has 0 saturated carbocycles. The molecule has 1 N–H and O–H groups in total. The number of alkyl halides is 6. The third kappa shape index (κ3) is 7.54. The highest BCUT2D eigenvalue weighted by Crippen LogP contribution is 2.50. The number of ether oxygens (including phenoxy) is 1. The molecule has 1 aliphatic rings. The van der Waals surface area contributed by atoms with Gasteiger partial charge in [-0.05, 0) is 37.5 Å². The first-order chi connectivity index (χ1) is 18.4. The summed E-state index contributed by atoms with van der Waals surface area (Å²) in [6.07, 6.45) is -11.8. The van der Waals surface area contributed by atoms with Crippen molar-refractivity contribution < 1.29 is 45.8 Å². The van der Waals surface area contributed by atoms with E-state index in [1.807, 2.05) is 12.1 Å². The summed E-state index contributed by atoms with van der Waals surface area (Å²) in [5, 5.41) is 9.55. The lowest BCUT2D eigenvalue weighted by molar-refractivity contribution is -0.376. The van der Waals surface area contributed by atoms with Gasteiger partial charge in [-0.3, -0.25) is 14.5 Å². The maximum Gasteiger partial charge on any atom is 0.430 e. The molecule has 1 amide bonds. The van der Waals surface area contributed by atoms with Crippen LogP contribution >= 0.6 is 0 Å². The summed E-state index contributed by atoms with van der Waals surface area (Å²) in [6.45, 7) is 8.16. The first kappa shape index (κ1) is 31.4. The Bertz CT molecular complexity index is 1150. The summed E-state index contributed by atoms with van der Waals surface area (Å²) in [5.74, 6) is -0.521. The zero-order valence-corrected chi connectivity index (χ0v) is 22.4. The zero-order valence-electron chi connectivity index (χ0n) is 22.4. The second-order valence-corrected chi connectivity index (χ2v) is 10.7. The van der Waals surface area contributed by atoms with Crippen LogP contribution in [-0.4, -0.2) is 70.9 Å². The van der Waals surface area contributed by atoms with Crippen LogP contribution in [0.5, 0.6) is 0 Å². The quantitative estimate of drug-likeness (QED) is 0.353. The molecule has 2 aromatic carbocycles. The third-order valence-electron chi connectivity index (χ3n) is 6.50. The molecule has 1 aliphatic heterocycles. The van der Waals surface area contributed by atoms with Gasteiger partial charge in [0.25, 0.3) is 5.60 Å². The molecule has 0 unspecified atom stereocenters. The van der Waals surface area contributed by atoms with Crippen molar-refractivity contribution in [3.05, 3.63) is 59.7 Å². The molecule has 0 radical (unpaired) electrons. The van der Waals surface area contributed by atoms with Crippen LogP contribution in [0.25, 0.3) is 11.1 Å². The molecule has 0 aromatic heterocycles. The van der Waals surface area contributed by atoms with Crippen LogP contribution in [0, 0.1) is 0 Å². The summed E-state index contributed by atoms with van der Waals surface area (Å²) in [4.78, 5) is 28.2. The minimum atomic E-state index is -5.94. The van der Waals surface area contributed by atoms with E-state index in [0.29, 0.717) is 56.0 Å². The van der Waals surface area contributed by atoms with Gasteiger partial charge in [0.1, 0.15) is 5.60 Å². The number of benzene rings is 2. The molecule has 1 heterocycles. The van der Waals surface area contributed by atoms with Gasteiger partial charge in [-0.1, -0.05) is 48.5 Å². The van der Waals surface area contributed by atoms with Crippen molar-refractivity contribution in [1.29, 1.82) is 0 Å². The molecule has 0 bridgehead atoms. The average molecular weight is 575 g/mol. The van der Waals surface area contributed by atoms with Gasteiger partial charge in [-0.2, -0.15) is 26.3 Å². The predicted octanol–water partition coefficient (Wildman–Crippen LogP) is 5.43. The number of halogens is 6. The van der Waals surface area contributed by atoms with Gasteiger partial charge in [0.2, 0.25) is 5.91 Å². The summed E-state index contributed by atoms with van der Waals surface area (Å²) < 4.78 is 83.9. The number of nitrogens with zero attached hydrogens (tertiary/aromatic N) is 2. The second kappa shape index (κ2) is 11.8. The van der Waals surface area contributed by atoms with Crippen LogP contribution in [0.15, 0.2) is 48.5 Å². The normalized spacial score (nSPS) is 15.7. The predicted molar refractivity (Wildman–Crippen MR) is 135 cm³/mol. The van der Waals surface area contributed by atoms with Gasteiger partial charge >= 0.3 is 18.3 Å². The SMILES string of the molecule is CC(C)(C)OC(=O)CCC(=O)N1CCN(Cc2ccc(-c3ccc(C(O)(C(F)(F)F)C(F)(F)F)cc3)cc2)CC1. The van der Waals surface area contributed by atoms with Crippen LogP contribution in [0.3, 0.4) is 0 Å². The van der Waals surface area contributed by atoms with Crippen molar-refractivity contribution in [2.45, 2.75) is 63.7 Å². The fraction of sp³-hybridized carbons (Fsp3) is 0.500. The molecule has 1 fully saturated rings. The van der Waals surface area contributed by atoms with Gasteiger partial charge in [0.15, 0.2) is 0 Å². The summed E-state index contributed by atoms with van der Waals surface area (Å²) in [7, 11) is 0. The van der Waals surface area contributed by atoms with Crippen molar-refractivity contribution in [2.75, 3.05) is 26.2 Å². The molecule has 0 atom stereocenters. The van der Waals surface area contributed by atoms with Gasteiger partial charge in [0.05, 0.1) is 6.42 Å². The summed E-state index contributed by atoms with van der Waals surface area (Å²) >= 11 is 0. The Balaban J connectivity index is 1.54. The van der Waals surface area contributed by atoms with E-state index in [4.69, 9.17) is 4.74 Å². The van der Waals surface area contributed by atoms with E-state index in [0.717, 1.165) is 17.7 Å². The summed E-state index contributed by atoms with van der Waals surface area (Å²) in [5.41, 5.74) is -4.97. The number of carbonyl (C=O) groups is 2. The van der Waals surface area contributed by atoms with E-state index in [-0.39, 0.29) is 18.7 Å². The lowest BCUT2D eigenvalue weighted by atomic mass is 9.90. The lowest BCUT2D eigenvalue weighted by Gasteiger charge is -2.35. The number of esters is 1. The Morgan fingerprint density at radius 1 is 0.775 bits per heavy atom. The van der Waals surface area contributed by atoms with Crippen molar-refractivity contribution in [1.82, 2.24) is 9.80 Å². The third-order valence-corrected chi connectivity index (χ3v) is 6.50. The fourth-order valence-corrected chi connectivity index (χ4v) is 4.37. The number of hydrogen-bond acceptors (Lipinski definition) is 5. The Labute approximate surface area is 228 Å². The lowest BCUT2D eigenvalue weighted by Crippen LogP contribution is -2.53. The van der Waals surface area contributed by atoms with Gasteiger partial charge in [0, 0.05) is 44.7 Å². The van der Waals surface area contributed by atoms with E-state index in [1.165, 1.54) is 0 Å². The van der Waals surface area contributed by atoms with Crippen molar-refractivity contribution in [3.8, 4) is 11.1 Å². The highest BCUT2D eigenvalue weighted by Gasteiger charge is 2.71. The molecule has 6 nitrogen and oxygen atoms in total. The van der Waals surface area contributed by atoms with E-state index >= 15 is 0 Å². The molecule has 1 saturated heterocycles. The van der Waals surface area contributed by atoms with Crippen LogP contribution in [0.4, 0.5) is 26.3 Å². The monoisotopic (exact) mass is 574 g/mol. The second-order valence-electron chi connectivity index (χ2n) is 10.7. The molecule has 2 aromatic rings. The van der Waals surface area contributed by atoms with Crippen LogP contribution in [-0.2, 0) is 26.5 Å². The first-order valence-electron chi connectivity index (χ1n) is 12.7. The maximum absolute atomic E-state index is 13.1. The fourth-order valence-electron chi connectivity index (χ4n) is 4.37. The maximum atomic E-state index is 13.1. The highest BCUT2D eigenvalue weighted by atomic mass is 19.4. The molecular weight excluding hydrogens is 542 g/mol. The van der Waals surface area contributed by atoms with E-state index < -0.39 is 35.1 Å². The molecule has 12 heteroatoms. The van der Waals surface area contributed by atoms with E-state index in [1.54, 1.807) is 37.8 Å². The molecule has 0 aliphatic carbocycles. The van der Waals surface area contributed by atoms with E-state index in [9.17, 15) is 41.0 Å². The molecular formula is C28H32F6N2O4. The zero-order chi connectivity index (χ0) is 29.9. The van der Waals surface area contributed by atoms with Gasteiger partial charge < -0.3 is 14.7 Å². The number of rotatable bonds is 7. The Hall–Kier alpha value is -3.12. The summed E-state index contributed by atoms with van der Waals surface area (Å²) in [6, 6.07) is 10.5. The largest absolute Gasteiger partial charge is 0.460 e. The topological polar surface area (TPSA) is 70.1 Å². The number of amides is 1. The average Bonchev–Trinajstić information content (AvgIpc) is 2.85. The smallest absolute Gasteiger partial charge is 0.430 e. The number of carbonyl (C=O) groups excluding carboxylic acids is 2. The van der Waals surface area contributed by atoms with Gasteiger partial charge in [-0.15, -0.1) is 0 Å². The van der Waals surface area contributed by atoms with Crippen LogP contribution in [0.2, 0.25) is 0 Å². The number of piperazine rings is 1. The highest BCUT2D eigenvalue weighted by molar-refractivity contribution is 5.81. The van der Waals surface area contributed by atoms with Crippen molar-refractivity contribution in [3.63, 3.8) is 0 Å². The van der Waals surface area contributed by atoms with Crippen LogP contribution in [0.1, 0.15) is 44.7 Å². The van der Waals surface area contributed by atoms with Crippen molar-refractivity contribution >= 4 is 11.9 Å². The standard InChI is InChI=1S/C28H32F6N2O4/c1-25(2,3)40-24(38)13-12-23(37)36-16-14-35(15-17-36)18-19-4-6-20(7-5-19)21-8-10-22(11-9-21)26(39,27(29,30)31)28(32,33)34/h4-11,39H,12-18H2,1-3H3. The Morgan fingerprint density at radius 2 is 1.25 bits per heavy atom. The minimum Gasteiger partial charge on any atom is -0.460 e. The minimum absolute atomic E-state index is 0.0247. The molecule has 3 rings (SSSR count). The number of hydrogen-bond donors (Lipinski definition) is 1. The van der Waals surface area contributed by atoms with Gasteiger partial charge in [-0.25, -0.2) is 0 Å². The van der Waals surface area contributed by atoms with Crippen molar-refractivity contribution in [2.24, 2.45) is 0 Å². The Kier molecular flexibility index (Phi) is 9.25.